The van der Waals surface area contributed by atoms with Gasteiger partial charge in [0, 0.05) is 12.2 Å². The van der Waals surface area contributed by atoms with Gasteiger partial charge in [-0.1, -0.05) is 32.6 Å². The van der Waals surface area contributed by atoms with Crippen molar-refractivity contribution in [1.29, 1.82) is 0 Å². The van der Waals surface area contributed by atoms with Crippen molar-refractivity contribution in [2.45, 2.75) is 51.4 Å². The van der Waals surface area contributed by atoms with E-state index in [0.717, 1.165) is 30.6 Å². The van der Waals surface area contributed by atoms with Gasteiger partial charge < -0.3 is 9.64 Å². The van der Waals surface area contributed by atoms with Crippen molar-refractivity contribution in [3.63, 3.8) is 0 Å². The molecule has 0 radical (unpaired) electrons. The minimum atomic E-state index is -4.98. The molecule has 0 aliphatic carbocycles. The zero-order valence-electron chi connectivity index (χ0n) is 17.8. The Kier molecular flexibility index (Phi) is 8.58. The van der Waals surface area contributed by atoms with E-state index in [1.54, 1.807) is 0 Å². The molecule has 2 aromatic rings. The van der Waals surface area contributed by atoms with Crippen LogP contribution in [0.2, 0.25) is 0 Å². The lowest BCUT2D eigenvalue weighted by Gasteiger charge is -2.25. The van der Waals surface area contributed by atoms with E-state index in [4.69, 9.17) is 4.74 Å². The topological polar surface area (TPSA) is 29.5 Å². The second kappa shape index (κ2) is 10.7. The summed E-state index contributed by atoms with van der Waals surface area (Å²) < 4.78 is 85.1. The molecule has 0 N–H and O–H groups in total. The number of benzene rings is 2. The number of halogens is 6. The van der Waals surface area contributed by atoms with Crippen LogP contribution in [0.25, 0.3) is 0 Å². The first-order valence-corrected chi connectivity index (χ1v) is 10.2. The molecule has 2 aromatic carbocycles. The zero-order chi connectivity index (χ0) is 23.9. The number of alkyl halides is 6. The van der Waals surface area contributed by atoms with Gasteiger partial charge >= 0.3 is 12.4 Å². The van der Waals surface area contributed by atoms with Crippen molar-refractivity contribution < 1.29 is 35.9 Å². The molecule has 0 aromatic heterocycles. The van der Waals surface area contributed by atoms with Crippen LogP contribution in [0.1, 0.15) is 60.5 Å². The van der Waals surface area contributed by atoms with E-state index in [-0.39, 0.29) is 18.3 Å². The molecule has 0 fully saturated rings. The normalized spacial score (nSPS) is 12.0. The monoisotopic (exact) mass is 461 g/mol. The minimum Gasteiger partial charge on any atom is -0.497 e. The predicted octanol–water partition coefficient (Wildman–Crippen LogP) is 7.35. The second-order valence-corrected chi connectivity index (χ2v) is 7.32. The smallest absolute Gasteiger partial charge is 0.417 e. The Hall–Kier alpha value is -2.71. The third kappa shape index (κ3) is 6.64. The SMILES string of the molecule is CCCCCCCN(C(=O)c1cc(C(F)(F)F)ccc1C(F)(F)F)c1ccc(OC)cc1. The molecule has 3 nitrogen and oxygen atoms in total. The van der Waals surface area contributed by atoms with E-state index in [1.165, 1.54) is 31.4 Å². The Morgan fingerprint density at radius 2 is 1.50 bits per heavy atom. The number of carbonyl (C=O) groups is 1. The van der Waals surface area contributed by atoms with Crippen molar-refractivity contribution in [3.05, 3.63) is 59.2 Å². The number of methoxy groups -OCH3 is 1. The molecule has 0 aliphatic rings. The summed E-state index contributed by atoms with van der Waals surface area (Å²) in [5, 5.41) is 0. The predicted molar refractivity (Wildman–Crippen MR) is 110 cm³/mol. The van der Waals surface area contributed by atoms with Crippen LogP contribution in [0.5, 0.6) is 5.75 Å². The number of carbonyl (C=O) groups excluding carboxylic acids is 1. The Labute approximate surface area is 183 Å². The molecule has 176 valence electrons. The first-order valence-electron chi connectivity index (χ1n) is 10.2. The van der Waals surface area contributed by atoms with Crippen LogP contribution in [0.3, 0.4) is 0 Å². The van der Waals surface area contributed by atoms with Gasteiger partial charge in [0.25, 0.3) is 5.91 Å². The van der Waals surface area contributed by atoms with E-state index in [2.05, 4.69) is 0 Å². The van der Waals surface area contributed by atoms with Gasteiger partial charge in [-0.05, 0) is 48.9 Å². The van der Waals surface area contributed by atoms with E-state index in [0.29, 0.717) is 24.3 Å². The Balaban J connectivity index is 2.48. The van der Waals surface area contributed by atoms with Gasteiger partial charge in [0.15, 0.2) is 0 Å². The summed E-state index contributed by atoms with van der Waals surface area (Å²) in [6.45, 7) is 2.10. The van der Waals surface area contributed by atoms with Crippen LogP contribution in [-0.4, -0.2) is 19.6 Å². The summed E-state index contributed by atoms with van der Waals surface area (Å²) >= 11 is 0. The Bertz CT molecular complexity index is 891. The minimum absolute atomic E-state index is 0.0718. The number of ether oxygens (including phenoxy) is 1. The fraction of sp³-hybridized carbons (Fsp3) is 0.435. The first-order chi connectivity index (χ1) is 15.0. The lowest BCUT2D eigenvalue weighted by molar-refractivity contribution is -0.141. The average molecular weight is 461 g/mol. The molecule has 0 saturated carbocycles. The Morgan fingerprint density at radius 1 is 0.875 bits per heavy atom. The summed E-state index contributed by atoms with van der Waals surface area (Å²) in [6, 6.07) is 6.96. The van der Waals surface area contributed by atoms with Crippen molar-refractivity contribution in [3.8, 4) is 5.75 Å². The summed E-state index contributed by atoms with van der Waals surface area (Å²) in [5.41, 5.74) is -3.47. The summed E-state index contributed by atoms with van der Waals surface area (Å²) in [7, 11) is 1.43. The molecular formula is C23H25F6NO2. The Morgan fingerprint density at radius 3 is 2.03 bits per heavy atom. The van der Waals surface area contributed by atoms with Gasteiger partial charge in [-0.25, -0.2) is 0 Å². The van der Waals surface area contributed by atoms with Crippen molar-refractivity contribution >= 4 is 11.6 Å². The van der Waals surface area contributed by atoms with Crippen LogP contribution in [0.15, 0.2) is 42.5 Å². The molecule has 1 amide bonds. The number of unbranched alkanes of at least 4 members (excludes halogenated alkanes) is 4. The number of hydrogen-bond donors (Lipinski definition) is 0. The van der Waals surface area contributed by atoms with E-state index in [9.17, 15) is 31.1 Å². The lowest BCUT2D eigenvalue weighted by Crippen LogP contribution is -2.34. The van der Waals surface area contributed by atoms with Crippen molar-refractivity contribution in [1.82, 2.24) is 0 Å². The van der Waals surface area contributed by atoms with Crippen LogP contribution in [0.4, 0.5) is 32.0 Å². The van der Waals surface area contributed by atoms with E-state index < -0.39 is 35.0 Å². The molecule has 0 heterocycles. The van der Waals surface area contributed by atoms with Gasteiger partial charge in [0.05, 0.1) is 23.8 Å². The van der Waals surface area contributed by atoms with Crippen molar-refractivity contribution in [2.75, 3.05) is 18.6 Å². The maximum absolute atomic E-state index is 13.5. The van der Waals surface area contributed by atoms with E-state index >= 15 is 0 Å². The molecule has 9 heteroatoms. The van der Waals surface area contributed by atoms with Crippen LogP contribution >= 0.6 is 0 Å². The number of hydrogen-bond acceptors (Lipinski definition) is 2. The zero-order valence-corrected chi connectivity index (χ0v) is 17.8. The number of nitrogens with zero attached hydrogens (tertiary/aromatic N) is 1. The molecule has 2 rings (SSSR count). The first kappa shape index (κ1) is 25.5. The highest BCUT2D eigenvalue weighted by atomic mass is 19.4. The highest BCUT2D eigenvalue weighted by molar-refractivity contribution is 6.07. The fourth-order valence-corrected chi connectivity index (χ4v) is 3.27. The lowest BCUT2D eigenvalue weighted by atomic mass is 10.0. The quantitative estimate of drug-likeness (QED) is 0.289. The van der Waals surface area contributed by atoms with Crippen LogP contribution in [0, 0.1) is 0 Å². The van der Waals surface area contributed by atoms with Crippen LogP contribution < -0.4 is 9.64 Å². The average Bonchev–Trinajstić information content (AvgIpc) is 2.74. The molecular weight excluding hydrogens is 436 g/mol. The van der Waals surface area contributed by atoms with Gasteiger partial charge in [0.2, 0.25) is 0 Å². The molecule has 0 atom stereocenters. The standard InChI is InChI=1S/C23H25F6NO2/c1-3-4-5-6-7-14-30(17-9-11-18(32-2)12-10-17)21(31)19-15-16(22(24,25)26)8-13-20(19)23(27,28)29/h8-13,15H,3-7,14H2,1-2H3. The summed E-state index contributed by atoms with van der Waals surface area (Å²) in [4.78, 5) is 14.3. The summed E-state index contributed by atoms with van der Waals surface area (Å²) in [6.07, 6.45) is -5.78. The highest BCUT2D eigenvalue weighted by Crippen LogP contribution is 2.37. The number of rotatable bonds is 9. The fourth-order valence-electron chi connectivity index (χ4n) is 3.27. The van der Waals surface area contributed by atoms with Gasteiger partial charge in [-0.3, -0.25) is 4.79 Å². The maximum Gasteiger partial charge on any atom is 0.417 e. The molecule has 0 aliphatic heterocycles. The molecule has 0 saturated heterocycles. The van der Waals surface area contributed by atoms with Gasteiger partial charge in [-0.2, -0.15) is 26.3 Å². The molecule has 0 bridgehead atoms. The van der Waals surface area contributed by atoms with Crippen molar-refractivity contribution in [2.24, 2.45) is 0 Å². The molecule has 32 heavy (non-hydrogen) atoms. The second-order valence-electron chi connectivity index (χ2n) is 7.32. The van der Waals surface area contributed by atoms with Gasteiger partial charge in [0.1, 0.15) is 5.75 Å². The highest BCUT2D eigenvalue weighted by Gasteiger charge is 2.39. The third-order valence-corrected chi connectivity index (χ3v) is 5.00. The van der Waals surface area contributed by atoms with E-state index in [1.807, 2.05) is 6.92 Å². The third-order valence-electron chi connectivity index (χ3n) is 5.00. The number of amides is 1. The molecule has 0 unspecified atom stereocenters. The molecule has 0 spiro atoms. The van der Waals surface area contributed by atoms with Crippen LogP contribution in [-0.2, 0) is 12.4 Å². The largest absolute Gasteiger partial charge is 0.497 e. The number of anilines is 1. The maximum atomic E-state index is 13.5. The van der Waals surface area contributed by atoms with Gasteiger partial charge in [-0.15, -0.1) is 0 Å². The summed E-state index contributed by atoms with van der Waals surface area (Å²) in [5.74, 6) is -0.664.